The summed E-state index contributed by atoms with van der Waals surface area (Å²) in [6.07, 6.45) is 0. The van der Waals surface area contributed by atoms with Gasteiger partial charge in [-0.2, -0.15) is 0 Å². The second-order valence-electron chi connectivity index (χ2n) is 1.65. The highest BCUT2D eigenvalue weighted by Gasteiger charge is 1.95. The van der Waals surface area contributed by atoms with Gasteiger partial charge in [-0.15, -0.1) is 0 Å². The number of hydrogen-bond donors (Lipinski definition) is 0. The summed E-state index contributed by atoms with van der Waals surface area (Å²) >= 11 is 5.34. The van der Waals surface area contributed by atoms with Gasteiger partial charge in [0.25, 0.3) is 0 Å². The molecule has 0 aliphatic rings. The molecule has 2 nitrogen and oxygen atoms in total. The molecule has 0 spiro atoms. The van der Waals surface area contributed by atoms with Crippen molar-refractivity contribution in [2.45, 2.75) is 13.8 Å². The van der Waals surface area contributed by atoms with Crippen molar-refractivity contribution in [3.63, 3.8) is 0 Å². The molecule has 0 N–H and O–H groups in total. The average Bonchev–Trinajstić information content (AvgIpc) is 1.91. The van der Waals surface area contributed by atoms with Crippen molar-refractivity contribution >= 4 is 19.4 Å². The average molecular weight is 170 g/mol. The van der Waals surface area contributed by atoms with Gasteiger partial charge in [0.05, 0.1) is 0 Å². The molecular weight excluding hydrogens is 156 g/mol. The van der Waals surface area contributed by atoms with E-state index >= 15 is 0 Å². The van der Waals surface area contributed by atoms with Crippen LogP contribution in [0.5, 0.6) is 0 Å². The Morgan fingerprint density at radius 2 is 2.00 bits per heavy atom. The lowest BCUT2D eigenvalue weighted by Gasteiger charge is -2.15. The molecule has 0 radical (unpaired) electrons. The van der Waals surface area contributed by atoms with Gasteiger partial charge < -0.3 is 4.52 Å². The highest BCUT2D eigenvalue weighted by atomic mass is 35.7. The van der Waals surface area contributed by atoms with Gasteiger partial charge in [0, 0.05) is 0 Å². The Kier molecular flexibility index (Phi) is 7.24. The van der Waals surface area contributed by atoms with Crippen LogP contribution in [0.1, 0.15) is 13.8 Å². The lowest BCUT2D eigenvalue weighted by Crippen LogP contribution is -2.23. The topological polar surface area (TPSA) is 12.5 Å². The monoisotopic (exact) mass is 169 g/mol. The van der Waals surface area contributed by atoms with E-state index in [9.17, 15) is 0 Å². The summed E-state index contributed by atoms with van der Waals surface area (Å²) < 4.78 is 5.00. The maximum Gasteiger partial charge on any atom is 0.112 e. The van der Waals surface area contributed by atoms with Gasteiger partial charge in [0.1, 0.15) is 14.9 Å². The van der Waals surface area contributed by atoms with E-state index in [4.69, 9.17) is 15.8 Å². The Morgan fingerprint density at radius 1 is 1.44 bits per heavy atom. The van der Waals surface area contributed by atoms with E-state index in [1.54, 1.807) is 0 Å². The van der Waals surface area contributed by atoms with Gasteiger partial charge in [-0.1, -0.05) is 25.1 Å². The van der Waals surface area contributed by atoms with Gasteiger partial charge >= 0.3 is 0 Å². The Morgan fingerprint density at radius 3 is 2.33 bits per heavy atom. The Bertz CT molecular complexity index is 60.9. The van der Waals surface area contributed by atoms with Crippen LogP contribution < -0.4 is 0 Å². The van der Waals surface area contributed by atoms with Crippen molar-refractivity contribution in [1.29, 1.82) is 0 Å². The number of halogens is 1. The molecule has 0 rings (SSSR count). The number of rotatable bonds is 5. The van der Waals surface area contributed by atoms with Crippen molar-refractivity contribution in [2.24, 2.45) is 0 Å². The van der Waals surface area contributed by atoms with Crippen molar-refractivity contribution in [1.82, 2.24) is 4.90 Å². The first-order valence-corrected chi connectivity index (χ1v) is 4.96. The van der Waals surface area contributed by atoms with E-state index in [0.29, 0.717) is 6.73 Å². The van der Waals surface area contributed by atoms with E-state index in [0.717, 1.165) is 13.1 Å². The van der Waals surface area contributed by atoms with E-state index in [1.807, 2.05) is 0 Å². The molecule has 0 aliphatic heterocycles. The molecule has 0 amide bonds. The summed E-state index contributed by atoms with van der Waals surface area (Å²) in [7, 11) is 0.0872. The SMILES string of the molecule is CCN(CC)COPCl. The van der Waals surface area contributed by atoms with Crippen LogP contribution in [0, 0.1) is 0 Å². The molecule has 1 atom stereocenters. The molecule has 0 aliphatic carbocycles. The largest absolute Gasteiger partial charge is 0.331 e. The molecule has 0 saturated carbocycles. The quantitative estimate of drug-likeness (QED) is 0.461. The third-order valence-corrected chi connectivity index (χ3v) is 1.76. The lowest BCUT2D eigenvalue weighted by atomic mass is 10.6. The molecule has 0 aromatic rings. The zero-order chi connectivity index (χ0) is 7.11. The molecule has 0 fully saturated rings. The minimum Gasteiger partial charge on any atom is -0.331 e. The Balaban J connectivity index is 3.09. The molecule has 56 valence electrons. The standard InChI is InChI=1S/C5H13ClNOP/c1-3-7(4-2)5-8-9-6/h9H,3-5H2,1-2H3. The summed E-state index contributed by atoms with van der Waals surface area (Å²) in [6, 6.07) is 0. The summed E-state index contributed by atoms with van der Waals surface area (Å²) in [5, 5.41) is 0. The molecule has 0 bridgehead atoms. The van der Waals surface area contributed by atoms with Crippen LogP contribution in [0.25, 0.3) is 0 Å². The van der Waals surface area contributed by atoms with E-state index in [-0.39, 0.29) is 8.16 Å². The predicted octanol–water partition coefficient (Wildman–Crippen LogP) is 2.05. The van der Waals surface area contributed by atoms with Crippen molar-refractivity contribution in [3.05, 3.63) is 0 Å². The zero-order valence-corrected chi connectivity index (χ0v) is 7.61. The molecule has 1 unspecified atom stereocenters. The van der Waals surface area contributed by atoms with Crippen LogP contribution in [0.2, 0.25) is 0 Å². The molecule has 0 saturated heterocycles. The van der Waals surface area contributed by atoms with Crippen LogP contribution in [0.4, 0.5) is 0 Å². The van der Waals surface area contributed by atoms with Gasteiger partial charge in [-0.3, -0.25) is 4.90 Å². The maximum atomic E-state index is 5.34. The van der Waals surface area contributed by atoms with Gasteiger partial charge in [-0.25, -0.2) is 0 Å². The number of nitrogens with zero attached hydrogens (tertiary/aromatic N) is 1. The first-order chi connectivity index (χ1) is 4.35. The van der Waals surface area contributed by atoms with Gasteiger partial charge in [0.2, 0.25) is 0 Å². The minimum absolute atomic E-state index is 0.0872. The lowest BCUT2D eigenvalue weighted by molar-refractivity contribution is 0.156. The van der Waals surface area contributed by atoms with Crippen LogP contribution in [-0.4, -0.2) is 24.7 Å². The van der Waals surface area contributed by atoms with Gasteiger partial charge in [-0.05, 0) is 13.1 Å². The van der Waals surface area contributed by atoms with Crippen LogP contribution in [0.15, 0.2) is 0 Å². The van der Waals surface area contributed by atoms with E-state index in [2.05, 4.69) is 18.7 Å². The fourth-order valence-corrected chi connectivity index (χ4v) is 0.900. The van der Waals surface area contributed by atoms with Crippen LogP contribution in [-0.2, 0) is 4.52 Å². The molecule has 4 heteroatoms. The summed E-state index contributed by atoms with van der Waals surface area (Å²) in [5.41, 5.74) is 0. The van der Waals surface area contributed by atoms with Gasteiger partial charge in [0.15, 0.2) is 0 Å². The number of hydrogen-bond acceptors (Lipinski definition) is 2. The molecule has 0 aromatic carbocycles. The third-order valence-electron chi connectivity index (χ3n) is 1.20. The fraction of sp³-hybridized carbons (Fsp3) is 1.00. The normalized spacial score (nSPS) is 12.0. The second kappa shape index (κ2) is 6.76. The maximum absolute atomic E-state index is 5.34. The van der Waals surface area contributed by atoms with Crippen molar-refractivity contribution < 1.29 is 4.52 Å². The summed E-state index contributed by atoms with van der Waals surface area (Å²) in [6.45, 7) is 6.92. The van der Waals surface area contributed by atoms with E-state index < -0.39 is 0 Å². The smallest absolute Gasteiger partial charge is 0.112 e. The molecule has 0 heterocycles. The second-order valence-corrected chi connectivity index (χ2v) is 2.56. The third kappa shape index (κ3) is 5.10. The van der Waals surface area contributed by atoms with Crippen molar-refractivity contribution in [3.8, 4) is 0 Å². The van der Waals surface area contributed by atoms with E-state index in [1.165, 1.54) is 0 Å². The first-order valence-electron chi connectivity index (χ1n) is 3.04. The zero-order valence-electron chi connectivity index (χ0n) is 5.85. The highest BCUT2D eigenvalue weighted by molar-refractivity contribution is 7.64. The fourth-order valence-electron chi connectivity index (χ4n) is 0.522. The molecular formula is C5H13ClNOP. The Labute approximate surface area is 63.2 Å². The summed E-state index contributed by atoms with van der Waals surface area (Å²) in [4.78, 5) is 2.16. The van der Waals surface area contributed by atoms with Crippen LogP contribution in [0.3, 0.4) is 0 Å². The Hall–Kier alpha value is 0.640. The molecule has 0 aromatic heterocycles. The highest BCUT2D eigenvalue weighted by Crippen LogP contribution is 2.16. The first kappa shape index (κ1) is 9.64. The van der Waals surface area contributed by atoms with Crippen LogP contribution >= 0.6 is 19.4 Å². The molecule has 9 heavy (non-hydrogen) atoms. The predicted molar refractivity (Wildman–Crippen MR) is 43.0 cm³/mol. The van der Waals surface area contributed by atoms with Crippen molar-refractivity contribution in [2.75, 3.05) is 19.8 Å². The summed E-state index contributed by atoms with van der Waals surface area (Å²) in [5.74, 6) is 0. The minimum atomic E-state index is 0.0872.